The molecule has 116 valence electrons. The molecule has 2 aromatic rings. The molecule has 0 saturated heterocycles. The van der Waals surface area contributed by atoms with Crippen LogP contribution in [0.2, 0.25) is 0 Å². The van der Waals surface area contributed by atoms with Crippen LogP contribution in [0.15, 0.2) is 23.6 Å². The number of benzene rings is 1. The highest BCUT2D eigenvalue weighted by molar-refractivity contribution is 7.17. The molecule has 3 saturated carbocycles. The first-order chi connectivity index (χ1) is 10.4. The van der Waals surface area contributed by atoms with Gasteiger partial charge in [0, 0.05) is 21.5 Å². The summed E-state index contributed by atoms with van der Waals surface area (Å²) in [7, 11) is 0. The van der Waals surface area contributed by atoms with Crippen LogP contribution in [0.3, 0.4) is 0 Å². The zero-order valence-electron chi connectivity index (χ0n) is 12.9. The summed E-state index contributed by atoms with van der Waals surface area (Å²) in [5.41, 5.74) is 1.05. The van der Waals surface area contributed by atoms with Gasteiger partial charge in [0.2, 0.25) is 0 Å². The van der Waals surface area contributed by atoms with Crippen molar-refractivity contribution in [2.75, 3.05) is 0 Å². The highest BCUT2D eigenvalue weighted by Crippen LogP contribution is 2.59. The van der Waals surface area contributed by atoms with E-state index in [1.54, 1.807) is 6.07 Å². The topological polar surface area (TPSA) is 29.1 Å². The first-order valence-electron chi connectivity index (χ1n) is 7.93. The molecule has 2 nitrogen and oxygen atoms in total. The van der Waals surface area contributed by atoms with E-state index in [9.17, 15) is 9.18 Å². The number of hydrogen-bond donors (Lipinski definition) is 1. The molecule has 1 heterocycles. The molecule has 0 aliphatic heterocycles. The summed E-state index contributed by atoms with van der Waals surface area (Å²) < 4.78 is 14.4. The zero-order chi connectivity index (χ0) is 15.5. The molecule has 4 heteroatoms. The van der Waals surface area contributed by atoms with Crippen LogP contribution in [-0.4, -0.2) is 11.9 Å². The van der Waals surface area contributed by atoms with E-state index in [2.05, 4.69) is 19.2 Å². The van der Waals surface area contributed by atoms with Crippen molar-refractivity contribution in [3.05, 3.63) is 35.0 Å². The van der Waals surface area contributed by atoms with Crippen LogP contribution >= 0.6 is 11.3 Å². The average molecular weight is 317 g/mol. The van der Waals surface area contributed by atoms with Crippen molar-refractivity contribution in [1.29, 1.82) is 0 Å². The molecule has 1 aromatic heterocycles. The van der Waals surface area contributed by atoms with Gasteiger partial charge in [-0.2, -0.15) is 0 Å². The van der Waals surface area contributed by atoms with Gasteiger partial charge in [-0.05, 0) is 54.7 Å². The first kappa shape index (κ1) is 14.2. The zero-order valence-corrected chi connectivity index (χ0v) is 13.7. The third-order valence-corrected chi connectivity index (χ3v) is 6.89. The lowest BCUT2D eigenvalue weighted by molar-refractivity contribution is -0.0770. The van der Waals surface area contributed by atoms with Crippen LogP contribution in [0.5, 0.6) is 0 Å². The Kier molecular flexibility index (Phi) is 3.09. The SMILES string of the molecule is CC1(C)C2CC(NC(=O)c3csc4ccc(F)cc34)CC1C2. The molecule has 3 aliphatic carbocycles. The Balaban J connectivity index is 1.52. The minimum Gasteiger partial charge on any atom is -0.349 e. The van der Waals surface area contributed by atoms with Gasteiger partial charge in [0.1, 0.15) is 5.82 Å². The Morgan fingerprint density at radius 2 is 2.00 bits per heavy atom. The predicted molar refractivity (Wildman–Crippen MR) is 87.6 cm³/mol. The van der Waals surface area contributed by atoms with Gasteiger partial charge >= 0.3 is 0 Å². The van der Waals surface area contributed by atoms with E-state index >= 15 is 0 Å². The summed E-state index contributed by atoms with van der Waals surface area (Å²) in [6.45, 7) is 4.69. The minimum atomic E-state index is -0.291. The van der Waals surface area contributed by atoms with E-state index < -0.39 is 0 Å². The van der Waals surface area contributed by atoms with E-state index in [1.165, 1.54) is 29.9 Å². The smallest absolute Gasteiger partial charge is 0.252 e. The number of amides is 1. The van der Waals surface area contributed by atoms with Crippen LogP contribution in [-0.2, 0) is 0 Å². The molecule has 0 radical (unpaired) electrons. The molecular weight excluding hydrogens is 297 g/mol. The highest BCUT2D eigenvalue weighted by atomic mass is 32.1. The molecule has 3 aliphatic rings. The summed E-state index contributed by atoms with van der Waals surface area (Å²) in [6.07, 6.45) is 3.46. The number of thiophene rings is 1. The lowest BCUT2D eigenvalue weighted by Gasteiger charge is -2.58. The van der Waals surface area contributed by atoms with E-state index in [-0.39, 0.29) is 17.8 Å². The number of halogens is 1. The van der Waals surface area contributed by atoms with Crippen molar-refractivity contribution >= 4 is 27.3 Å². The fourth-order valence-corrected chi connectivity index (χ4v) is 5.19. The maximum absolute atomic E-state index is 13.4. The second-order valence-electron chi connectivity index (χ2n) is 7.38. The van der Waals surface area contributed by atoms with Crippen molar-refractivity contribution in [3.8, 4) is 0 Å². The van der Waals surface area contributed by atoms with Gasteiger partial charge in [0.25, 0.3) is 5.91 Å². The third kappa shape index (κ3) is 2.08. The Bertz CT molecular complexity index is 737. The minimum absolute atomic E-state index is 0.0547. The number of hydrogen-bond acceptors (Lipinski definition) is 2. The summed E-state index contributed by atoms with van der Waals surface area (Å²) in [5.74, 6) is 1.11. The summed E-state index contributed by atoms with van der Waals surface area (Å²) in [4.78, 5) is 12.6. The van der Waals surface area contributed by atoms with Crippen molar-refractivity contribution < 1.29 is 9.18 Å². The molecule has 1 aromatic carbocycles. The monoisotopic (exact) mass is 317 g/mol. The van der Waals surface area contributed by atoms with Crippen LogP contribution < -0.4 is 5.32 Å². The fraction of sp³-hybridized carbons (Fsp3) is 0.500. The van der Waals surface area contributed by atoms with Gasteiger partial charge < -0.3 is 5.32 Å². The molecular formula is C18H20FNOS. The molecule has 5 rings (SSSR count). The van der Waals surface area contributed by atoms with Gasteiger partial charge in [0.05, 0.1) is 5.56 Å². The Labute approximate surface area is 133 Å². The number of nitrogens with one attached hydrogen (secondary N) is 1. The van der Waals surface area contributed by atoms with Crippen molar-refractivity contribution in [1.82, 2.24) is 5.32 Å². The van der Waals surface area contributed by atoms with Gasteiger partial charge in [-0.3, -0.25) is 4.79 Å². The summed E-state index contributed by atoms with van der Waals surface area (Å²) >= 11 is 1.49. The molecule has 0 spiro atoms. The lowest BCUT2D eigenvalue weighted by Crippen LogP contribution is -2.55. The van der Waals surface area contributed by atoms with Crippen LogP contribution in [0.1, 0.15) is 43.5 Å². The van der Waals surface area contributed by atoms with Crippen LogP contribution in [0.4, 0.5) is 4.39 Å². The molecule has 3 fully saturated rings. The quantitative estimate of drug-likeness (QED) is 0.862. The second-order valence-corrected chi connectivity index (χ2v) is 8.29. The number of carbonyl (C=O) groups is 1. The predicted octanol–water partition coefficient (Wildman–Crippen LogP) is 4.59. The standard InChI is InChI=1S/C18H20FNOS/c1-18(2)10-5-11(18)7-13(6-10)20-17(21)15-9-22-16-4-3-12(19)8-14(15)16/h3-4,8-11,13H,5-7H2,1-2H3,(H,20,21). The maximum Gasteiger partial charge on any atom is 0.252 e. The highest BCUT2D eigenvalue weighted by Gasteiger charge is 2.52. The molecule has 2 atom stereocenters. The molecule has 2 bridgehead atoms. The van der Waals surface area contributed by atoms with Crippen molar-refractivity contribution in [2.45, 2.75) is 39.2 Å². The summed E-state index contributed by atoms with van der Waals surface area (Å²) in [5, 5.41) is 5.74. The Morgan fingerprint density at radius 3 is 2.68 bits per heavy atom. The molecule has 2 unspecified atom stereocenters. The van der Waals surface area contributed by atoms with E-state index in [1.807, 2.05) is 5.38 Å². The maximum atomic E-state index is 13.4. The van der Waals surface area contributed by atoms with E-state index in [0.29, 0.717) is 11.0 Å². The summed E-state index contributed by atoms with van der Waals surface area (Å²) in [6, 6.07) is 4.91. The fourth-order valence-electron chi connectivity index (χ4n) is 4.26. The van der Waals surface area contributed by atoms with Gasteiger partial charge in [-0.15, -0.1) is 11.3 Å². The largest absolute Gasteiger partial charge is 0.349 e. The normalized spacial score (nSPS) is 29.1. The number of rotatable bonds is 2. The number of fused-ring (bicyclic) bond motifs is 3. The number of carbonyl (C=O) groups excluding carboxylic acids is 1. The molecule has 1 N–H and O–H groups in total. The third-order valence-electron chi connectivity index (χ3n) is 5.93. The Hall–Kier alpha value is -1.42. The van der Waals surface area contributed by atoms with Crippen LogP contribution in [0, 0.1) is 23.1 Å². The first-order valence-corrected chi connectivity index (χ1v) is 8.80. The lowest BCUT2D eigenvalue weighted by atomic mass is 9.48. The molecule has 22 heavy (non-hydrogen) atoms. The van der Waals surface area contributed by atoms with Gasteiger partial charge in [-0.25, -0.2) is 4.39 Å². The van der Waals surface area contributed by atoms with E-state index in [4.69, 9.17) is 0 Å². The second kappa shape index (κ2) is 4.79. The average Bonchev–Trinajstić information content (AvgIpc) is 2.90. The Morgan fingerprint density at radius 1 is 1.27 bits per heavy atom. The van der Waals surface area contributed by atoms with Crippen molar-refractivity contribution in [2.24, 2.45) is 17.3 Å². The van der Waals surface area contributed by atoms with Gasteiger partial charge in [-0.1, -0.05) is 13.8 Å². The van der Waals surface area contributed by atoms with Crippen LogP contribution in [0.25, 0.3) is 10.1 Å². The van der Waals surface area contributed by atoms with Gasteiger partial charge in [0.15, 0.2) is 0 Å². The molecule has 1 amide bonds. The van der Waals surface area contributed by atoms with E-state index in [0.717, 1.165) is 34.8 Å². The van der Waals surface area contributed by atoms with Crippen molar-refractivity contribution in [3.63, 3.8) is 0 Å².